The summed E-state index contributed by atoms with van der Waals surface area (Å²) in [5.74, 6) is -2.08. The van der Waals surface area contributed by atoms with E-state index in [4.69, 9.17) is 23.3 Å². The molecule has 5 aromatic rings. The van der Waals surface area contributed by atoms with Gasteiger partial charge in [-0.1, -0.05) is 88.4 Å². The molecule has 0 aliphatic carbocycles. The summed E-state index contributed by atoms with van der Waals surface area (Å²) in [5.41, 5.74) is 2.46. The smallest absolute Gasteiger partial charge is 0.410 e. The van der Waals surface area contributed by atoms with Crippen molar-refractivity contribution in [3.63, 3.8) is 0 Å². The first-order valence-electron chi connectivity index (χ1n) is 18.8. The number of amides is 3. The van der Waals surface area contributed by atoms with E-state index in [0.717, 1.165) is 23.1 Å². The molecule has 5 atom stereocenters. The molecule has 15 nitrogen and oxygen atoms in total. The van der Waals surface area contributed by atoms with Crippen molar-refractivity contribution in [2.75, 3.05) is 12.4 Å². The molecule has 3 aromatic carbocycles. The first kappa shape index (κ1) is 37.3. The number of aromatic carboxylic acids is 1. The van der Waals surface area contributed by atoms with E-state index in [1.165, 1.54) is 11.9 Å². The molecule has 0 saturated carbocycles. The number of nitrogens with one attached hydrogen (secondary N) is 3. The fraction of sp³-hybridized carbons (Fsp3) is 0.333. The van der Waals surface area contributed by atoms with Gasteiger partial charge in [-0.25, -0.2) is 19.6 Å². The molecule has 4 bridgehead atoms. The normalized spacial score (nSPS) is 20.9. The van der Waals surface area contributed by atoms with Crippen molar-refractivity contribution in [2.45, 2.75) is 70.5 Å². The Kier molecular flexibility index (Phi) is 9.46. The zero-order valence-electron chi connectivity index (χ0n) is 31.9. The number of hydrogen-bond donors (Lipinski definition) is 4. The number of para-hydroxylation sites is 1. The van der Waals surface area contributed by atoms with Crippen molar-refractivity contribution in [1.29, 1.82) is 0 Å². The van der Waals surface area contributed by atoms with Gasteiger partial charge in [-0.3, -0.25) is 14.5 Å². The lowest BCUT2D eigenvalue weighted by atomic mass is 9.72. The SMILES string of the molecule is CC(C)C(C(=O)N[C@H]1Cc2ccc3c(c2)C2(c4ccccc4NC2O3)c2oc(nc2-c2nc(C(=O)O)co2)[C@H](C(C)C)NC1=O)N(C)C(=O)OCc1ccccc1. The third kappa shape index (κ3) is 6.42. The molecular formula is C42H42N6O9. The number of fused-ring (bicyclic) bond motifs is 4. The third-order valence-electron chi connectivity index (χ3n) is 10.8. The predicted molar refractivity (Wildman–Crippen MR) is 204 cm³/mol. The second kappa shape index (κ2) is 14.5. The van der Waals surface area contributed by atoms with Crippen LogP contribution in [0.4, 0.5) is 10.5 Å². The molecule has 15 heteroatoms. The largest absolute Gasteiger partial charge is 0.476 e. The number of anilines is 1. The summed E-state index contributed by atoms with van der Waals surface area (Å²) in [4.78, 5) is 64.2. The molecule has 57 heavy (non-hydrogen) atoms. The average molecular weight is 775 g/mol. The maximum absolute atomic E-state index is 14.4. The molecule has 0 saturated heterocycles. The number of oxazole rings is 2. The Bertz CT molecular complexity index is 2370. The minimum atomic E-state index is -1.28. The molecule has 0 radical (unpaired) electrons. The van der Waals surface area contributed by atoms with E-state index in [-0.39, 0.29) is 48.0 Å². The number of likely N-dealkylation sites (N-methyl/N-ethyl adjacent to an activating group) is 1. The highest BCUT2D eigenvalue weighted by atomic mass is 16.6. The number of hydrogen-bond acceptors (Lipinski definition) is 11. The lowest BCUT2D eigenvalue weighted by Gasteiger charge is -2.32. The predicted octanol–water partition coefficient (Wildman–Crippen LogP) is 5.65. The van der Waals surface area contributed by atoms with E-state index in [1.54, 1.807) is 0 Å². The Morgan fingerprint density at radius 2 is 1.75 bits per heavy atom. The molecule has 3 amide bonds. The third-order valence-corrected chi connectivity index (χ3v) is 10.8. The number of benzene rings is 3. The maximum Gasteiger partial charge on any atom is 0.410 e. The molecule has 0 fully saturated rings. The Morgan fingerprint density at radius 1 is 1.00 bits per heavy atom. The van der Waals surface area contributed by atoms with Crippen LogP contribution in [0.2, 0.25) is 0 Å². The van der Waals surface area contributed by atoms with Crippen LogP contribution >= 0.6 is 0 Å². The molecule has 294 valence electrons. The summed E-state index contributed by atoms with van der Waals surface area (Å²) in [6.07, 6.45) is -0.282. The molecule has 2 aromatic heterocycles. The van der Waals surface area contributed by atoms with Gasteiger partial charge in [0.05, 0.1) is 0 Å². The van der Waals surface area contributed by atoms with E-state index in [2.05, 4.69) is 20.9 Å². The summed E-state index contributed by atoms with van der Waals surface area (Å²) in [5, 5.41) is 19.2. The van der Waals surface area contributed by atoms with Gasteiger partial charge in [0.1, 0.15) is 42.2 Å². The van der Waals surface area contributed by atoms with Gasteiger partial charge in [0, 0.05) is 24.7 Å². The van der Waals surface area contributed by atoms with Crippen molar-refractivity contribution in [1.82, 2.24) is 25.5 Å². The average Bonchev–Trinajstić information content (AvgIpc) is 3.97. The van der Waals surface area contributed by atoms with Gasteiger partial charge < -0.3 is 39.4 Å². The van der Waals surface area contributed by atoms with Gasteiger partial charge in [0.2, 0.25) is 23.6 Å². The number of rotatable bonds is 9. The Balaban J connectivity index is 1.21. The van der Waals surface area contributed by atoms with Gasteiger partial charge >= 0.3 is 12.1 Å². The van der Waals surface area contributed by atoms with Crippen LogP contribution in [0.3, 0.4) is 0 Å². The number of nitrogens with zero attached hydrogens (tertiary/aromatic N) is 3. The highest BCUT2D eigenvalue weighted by Crippen LogP contribution is 2.59. The first-order valence-corrected chi connectivity index (χ1v) is 18.8. The summed E-state index contributed by atoms with van der Waals surface area (Å²) in [7, 11) is 1.50. The monoisotopic (exact) mass is 774 g/mol. The highest BCUT2D eigenvalue weighted by Gasteiger charge is 2.61. The van der Waals surface area contributed by atoms with E-state index >= 15 is 0 Å². The van der Waals surface area contributed by atoms with Gasteiger partial charge in [0.15, 0.2) is 23.4 Å². The molecular weight excluding hydrogens is 732 g/mol. The fourth-order valence-electron chi connectivity index (χ4n) is 8.05. The quantitative estimate of drug-likeness (QED) is 0.144. The van der Waals surface area contributed by atoms with Crippen molar-refractivity contribution >= 4 is 29.6 Å². The number of carboxylic acid groups (broad SMARTS) is 1. The van der Waals surface area contributed by atoms with Crippen LogP contribution in [0.15, 0.2) is 87.9 Å². The fourth-order valence-corrected chi connectivity index (χ4v) is 8.05. The number of carbonyl (C=O) groups excluding carboxylic acids is 3. The van der Waals surface area contributed by atoms with Gasteiger partial charge in [-0.05, 0) is 40.7 Å². The van der Waals surface area contributed by atoms with Crippen molar-refractivity contribution in [2.24, 2.45) is 11.8 Å². The lowest BCUT2D eigenvalue weighted by Crippen LogP contribution is -2.56. The Morgan fingerprint density at radius 3 is 2.47 bits per heavy atom. The van der Waals surface area contributed by atoms with E-state index in [0.29, 0.717) is 22.6 Å². The molecule has 4 N–H and O–H groups in total. The summed E-state index contributed by atoms with van der Waals surface area (Å²) >= 11 is 0. The van der Waals surface area contributed by atoms with Crippen molar-refractivity contribution in [3.8, 4) is 17.3 Å². The van der Waals surface area contributed by atoms with Crippen LogP contribution in [0.5, 0.6) is 5.75 Å². The van der Waals surface area contributed by atoms with Crippen molar-refractivity contribution < 1.29 is 42.6 Å². The second-order valence-electron chi connectivity index (χ2n) is 15.2. The van der Waals surface area contributed by atoms with Crippen LogP contribution < -0.4 is 20.7 Å². The Hall–Kier alpha value is -6.64. The van der Waals surface area contributed by atoms with Crippen LogP contribution in [0.1, 0.15) is 78.1 Å². The van der Waals surface area contributed by atoms with Gasteiger partial charge in [-0.2, -0.15) is 0 Å². The summed E-state index contributed by atoms with van der Waals surface area (Å²) < 4.78 is 24.7. The van der Waals surface area contributed by atoms with E-state index < -0.39 is 53.6 Å². The molecule has 8 rings (SSSR count). The van der Waals surface area contributed by atoms with Gasteiger partial charge in [0.25, 0.3) is 0 Å². The van der Waals surface area contributed by atoms with Crippen LogP contribution in [0.25, 0.3) is 11.6 Å². The van der Waals surface area contributed by atoms with Crippen LogP contribution in [-0.2, 0) is 32.8 Å². The first-order chi connectivity index (χ1) is 27.4. The molecule has 3 aliphatic rings. The molecule has 3 unspecified atom stereocenters. The van der Waals surface area contributed by atoms with Crippen molar-refractivity contribution in [3.05, 3.63) is 119 Å². The molecule has 3 aliphatic heterocycles. The topological polar surface area (TPSA) is 198 Å². The minimum absolute atomic E-state index is 0.0312. The standard InChI is InChI=1S/C42H42N6O9/c1-21(2)31-38-47-32(37-44-29(20-54-37)39(51)52)34(57-38)42-25-13-9-10-14-27(25)45-40(42)56-30-16-15-24(17-26(30)42)18-28(35(49)46-31)43-36(50)33(22(3)4)48(5)41(53)55-19-23-11-7-6-8-12-23/h6-17,20-22,28,31,33,40,45H,18-19H2,1-5H3,(H,43,50)(H,46,49)(H,51,52)/t28-,31-,33?,40?,42?/m0/s1. The number of ether oxygens (including phenoxy) is 2. The second-order valence-corrected chi connectivity index (χ2v) is 15.2. The maximum atomic E-state index is 14.4. The summed E-state index contributed by atoms with van der Waals surface area (Å²) in [6, 6.07) is 19.6. The van der Waals surface area contributed by atoms with Crippen LogP contribution in [0, 0.1) is 11.8 Å². The lowest BCUT2D eigenvalue weighted by molar-refractivity contribution is -0.133. The zero-order chi connectivity index (χ0) is 40.2. The van der Waals surface area contributed by atoms with Crippen LogP contribution in [-0.4, -0.2) is 69.2 Å². The zero-order valence-corrected chi connectivity index (χ0v) is 31.9. The number of carbonyl (C=O) groups is 4. The van der Waals surface area contributed by atoms with E-state index in [1.807, 2.05) is 100 Å². The Labute approximate surface area is 327 Å². The molecule has 5 heterocycles. The van der Waals surface area contributed by atoms with Gasteiger partial charge in [-0.15, -0.1) is 0 Å². The molecule has 1 spiro atoms. The minimum Gasteiger partial charge on any atom is -0.476 e. The summed E-state index contributed by atoms with van der Waals surface area (Å²) in [6.45, 7) is 7.44. The number of aromatic nitrogens is 2. The number of carboxylic acids is 1. The van der Waals surface area contributed by atoms with E-state index in [9.17, 15) is 24.3 Å². The highest BCUT2D eigenvalue weighted by molar-refractivity contribution is 5.92.